The van der Waals surface area contributed by atoms with Crippen LogP contribution in [0.3, 0.4) is 0 Å². The molecule has 0 aromatic heterocycles. The van der Waals surface area contributed by atoms with Gasteiger partial charge in [0.15, 0.2) is 0 Å². The standard InChI is InChI=1S/C29H58N2O4/c1-3-5-7-9-11-13-14-16-18-20-23-31-28(33)25-30-24-22-27(32)26(29(34)35)21-19-17-15-12-10-8-6-4-2/h26-27,30,32H,3-25H2,1-2H3,(H,31,33)(H,34,35). The Morgan fingerprint density at radius 1 is 0.629 bits per heavy atom. The van der Waals surface area contributed by atoms with Crippen molar-refractivity contribution >= 4 is 11.9 Å². The zero-order chi connectivity index (χ0) is 26.0. The molecule has 0 saturated heterocycles. The summed E-state index contributed by atoms with van der Waals surface area (Å²) >= 11 is 0. The van der Waals surface area contributed by atoms with E-state index in [1.807, 2.05) is 0 Å². The molecule has 0 aromatic carbocycles. The Morgan fingerprint density at radius 2 is 1.09 bits per heavy atom. The van der Waals surface area contributed by atoms with Crippen LogP contribution in [0.1, 0.15) is 142 Å². The first-order valence-corrected chi connectivity index (χ1v) is 14.9. The summed E-state index contributed by atoms with van der Waals surface area (Å²) in [4.78, 5) is 23.5. The van der Waals surface area contributed by atoms with E-state index in [9.17, 15) is 19.8 Å². The fraction of sp³-hybridized carbons (Fsp3) is 0.931. The number of nitrogens with one attached hydrogen (secondary N) is 2. The van der Waals surface area contributed by atoms with E-state index in [4.69, 9.17) is 0 Å². The first-order valence-electron chi connectivity index (χ1n) is 14.9. The fourth-order valence-corrected chi connectivity index (χ4v) is 4.53. The van der Waals surface area contributed by atoms with Gasteiger partial charge in [-0.3, -0.25) is 9.59 Å². The zero-order valence-corrected chi connectivity index (χ0v) is 23.1. The van der Waals surface area contributed by atoms with Gasteiger partial charge in [0, 0.05) is 6.54 Å². The lowest BCUT2D eigenvalue weighted by Gasteiger charge is -2.19. The van der Waals surface area contributed by atoms with Crippen LogP contribution in [0.4, 0.5) is 0 Å². The van der Waals surface area contributed by atoms with E-state index < -0.39 is 18.0 Å². The molecule has 6 heteroatoms. The lowest BCUT2D eigenvalue weighted by molar-refractivity contribution is -0.146. The molecule has 35 heavy (non-hydrogen) atoms. The molecule has 0 rings (SSSR count). The summed E-state index contributed by atoms with van der Waals surface area (Å²) in [6.07, 6.45) is 22.1. The molecule has 4 N–H and O–H groups in total. The number of aliphatic hydroxyl groups is 1. The third kappa shape index (κ3) is 23.0. The van der Waals surface area contributed by atoms with Crippen molar-refractivity contribution in [3.63, 3.8) is 0 Å². The number of aliphatic hydroxyl groups excluding tert-OH is 1. The molecular formula is C29H58N2O4. The Balaban J connectivity index is 3.67. The van der Waals surface area contributed by atoms with Gasteiger partial charge in [-0.25, -0.2) is 0 Å². The lowest BCUT2D eigenvalue weighted by Crippen LogP contribution is -2.37. The van der Waals surface area contributed by atoms with Crippen molar-refractivity contribution in [1.29, 1.82) is 0 Å². The number of amides is 1. The minimum atomic E-state index is -0.922. The first-order chi connectivity index (χ1) is 17.0. The third-order valence-corrected chi connectivity index (χ3v) is 6.91. The maximum Gasteiger partial charge on any atom is 0.309 e. The van der Waals surface area contributed by atoms with Gasteiger partial charge in [-0.2, -0.15) is 0 Å². The summed E-state index contributed by atoms with van der Waals surface area (Å²) < 4.78 is 0. The molecule has 0 aliphatic heterocycles. The van der Waals surface area contributed by atoms with Crippen molar-refractivity contribution in [3.8, 4) is 0 Å². The van der Waals surface area contributed by atoms with E-state index in [1.54, 1.807) is 0 Å². The van der Waals surface area contributed by atoms with Crippen molar-refractivity contribution in [2.75, 3.05) is 19.6 Å². The van der Waals surface area contributed by atoms with Crippen molar-refractivity contribution in [2.45, 2.75) is 148 Å². The minimum Gasteiger partial charge on any atom is -0.481 e. The van der Waals surface area contributed by atoms with Crippen molar-refractivity contribution in [1.82, 2.24) is 10.6 Å². The number of carboxylic acid groups (broad SMARTS) is 1. The molecule has 0 aliphatic rings. The fourth-order valence-electron chi connectivity index (χ4n) is 4.53. The Labute approximate surface area is 216 Å². The van der Waals surface area contributed by atoms with Crippen LogP contribution in [0.15, 0.2) is 0 Å². The van der Waals surface area contributed by atoms with Crippen LogP contribution in [-0.2, 0) is 9.59 Å². The van der Waals surface area contributed by atoms with E-state index in [2.05, 4.69) is 24.5 Å². The SMILES string of the molecule is CCCCCCCCCCCCNC(=O)CNCCC(O)C(CCCCCCCCCC)C(=O)O. The molecule has 0 radical (unpaired) electrons. The summed E-state index contributed by atoms with van der Waals surface area (Å²) in [6.45, 7) is 5.81. The highest BCUT2D eigenvalue weighted by Gasteiger charge is 2.25. The quantitative estimate of drug-likeness (QED) is 0.0957. The van der Waals surface area contributed by atoms with Gasteiger partial charge in [-0.15, -0.1) is 0 Å². The summed E-state index contributed by atoms with van der Waals surface area (Å²) in [7, 11) is 0. The maximum atomic E-state index is 11.9. The predicted octanol–water partition coefficient (Wildman–Crippen LogP) is 6.60. The highest BCUT2D eigenvalue weighted by molar-refractivity contribution is 5.77. The van der Waals surface area contributed by atoms with Gasteiger partial charge >= 0.3 is 5.97 Å². The van der Waals surface area contributed by atoms with Gasteiger partial charge in [-0.1, -0.05) is 123 Å². The molecule has 2 atom stereocenters. The largest absolute Gasteiger partial charge is 0.481 e. The minimum absolute atomic E-state index is 0.0378. The van der Waals surface area contributed by atoms with Gasteiger partial charge < -0.3 is 20.8 Å². The Morgan fingerprint density at radius 3 is 1.57 bits per heavy atom. The summed E-state index contributed by atoms with van der Waals surface area (Å²) in [5, 5.41) is 25.8. The van der Waals surface area contributed by atoms with E-state index in [1.165, 1.54) is 83.5 Å². The highest BCUT2D eigenvalue weighted by Crippen LogP contribution is 2.18. The first kappa shape index (κ1) is 33.9. The van der Waals surface area contributed by atoms with Crippen LogP contribution >= 0.6 is 0 Å². The molecule has 208 valence electrons. The molecule has 2 unspecified atom stereocenters. The Kier molecular flexibility index (Phi) is 25.1. The van der Waals surface area contributed by atoms with Gasteiger partial charge in [0.1, 0.15) is 0 Å². The molecule has 0 bridgehead atoms. The van der Waals surface area contributed by atoms with Crippen LogP contribution in [0, 0.1) is 5.92 Å². The molecule has 0 fully saturated rings. The predicted molar refractivity (Wildman–Crippen MR) is 147 cm³/mol. The topological polar surface area (TPSA) is 98.7 Å². The summed E-state index contributed by atoms with van der Waals surface area (Å²) in [6, 6.07) is 0. The molecule has 0 saturated carbocycles. The summed E-state index contributed by atoms with van der Waals surface area (Å²) in [5.41, 5.74) is 0. The van der Waals surface area contributed by atoms with E-state index in [0.717, 1.165) is 32.1 Å². The lowest BCUT2D eigenvalue weighted by atomic mass is 9.93. The van der Waals surface area contributed by atoms with Crippen LogP contribution in [0.2, 0.25) is 0 Å². The number of carbonyl (C=O) groups is 2. The zero-order valence-electron chi connectivity index (χ0n) is 23.1. The Hall–Kier alpha value is -1.14. The van der Waals surface area contributed by atoms with Crippen molar-refractivity contribution in [3.05, 3.63) is 0 Å². The number of unbranched alkanes of at least 4 members (excludes halogenated alkanes) is 16. The molecule has 6 nitrogen and oxygen atoms in total. The molecule has 0 spiro atoms. The number of carboxylic acids is 1. The number of carbonyl (C=O) groups excluding carboxylic acids is 1. The van der Waals surface area contributed by atoms with Gasteiger partial charge in [0.05, 0.1) is 18.6 Å². The molecule has 0 heterocycles. The van der Waals surface area contributed by atoms with E-state index in [-0.39, 0.29) is 12.5 Å². The van der Waals surface area contributed by atoms with Crippen LogP contribution < -0.4 is 10.6 Å². The van der Waals surface area contributed by atoms with Gasteiger partial charge in [0.2, 0.25) is 5.91 Å². The number of hydrogen-bond acceptors (Lipinski definition) is 4. The van der Waals surface area contributed by atoms with Crippen molar-refractivity contribution in [2.24, 2.45) is 5.92 Å². The molecule has 0 aromatic rings. The average Bonchev–Trinajstić information content (AvgIpc) is 2.83. The maximum absolute atomic E-state index is 11.9. The smallest absolute Gasteiger partial charge is 0.309 e. The van der Waals surface area contributed by atoms with Gasteiger partial charge in [0.25, 0.3) is 0 Å². The normalized spacial score (nSPS) is 13.0. The van der Waals surface area contributed by atoms with E-state index in [0.29, 0.717) is 25.9 Å². The van der Waals surface area contributed by atoms with Crippen LogP contribution in [0.25, 0.3) is 0 Å². The summed E-state index contributed by atoms with van der Waals surface area (Å²) in [5.74, 6) is -1.68. The molecule has 0 aliphatic carbocycles. The average molecular weight is 499 g/mol. The number of rotatable bonds is 27. The monoisotopic (exact) mass is 498 g/mol. The molecular weight excluding hydrogens is 440 g/mol. The van der Waals surface area contributed by atoms with Crippen molar-refractivity contribution < 1.29 is 19.8 Å². The van der Waals surface area contributed by atoms with Gasteiger partial charge in [-0.05, 0) is 25.8 Å². The Bertz CT molecular complexity index is 487. The second-order valence-electron chi connectivity index (χ2n) is 10.3. The van der Waals surface area contributed by atoms with E-state index >= 15 is 0 Å². The highest BCUT2D eigenvalue weighted by atomic mass is 16.4. The number of aliphatic carboxylic acids is 1. The second kappa shape index (κ2) is 25.9. The van der Waals surface area contributed by atoms with Crippen LogP contribution in [-0.4, -0.2) is 47.8 Å². The number of hydrogen-bond donors (Lipinski definition) is 4. The molecule has 1 amide bonds. The third-order valence-electron chi connectivity index (χ3n) is 6.91. The second-order valence-corrected chi connectivity index (χ2v) is 10.3. The van der Waals surface area contributed by atoms with Crippen LogP contribution in [0.5, 0.6) is 0 Å².